The largest absolute Gasteiger partial charge is 0.428 e. The maximum Gasteiger partial charge on any atom is 0.411 e. The van der Waals surface area contributed by atoms with Gasteiger partial charge in [-0.3, -0.25) is 10.1 Å². The Kier molecular flexibility index (Phi) is 5.37. The molecule has 1 saturated heterocycles. The first-order valence-electron chi connectivity index (χ1n) is 7.71. The predicted octanol–water partition coefficient (Wildman–Crippen LogP) is 2.20. The molecule has 2 rings (SSSR count). The van der Waals surface area contributed by atoms with Crippen molar-refractivity contribution in [2.24, 2.45) is 0 Å². The summed E-state index contributed by atoms with van der Waals surface area (Å²) in [6.07, 6.45) is 2.60. The Bertz CT molecular complexity index is 610. The summed E-state index contributed by atoms with van der Waals surface area (Å²) in [4.78, 5) is 31.9. The third-order valence-electron chi connectivity index (χ3n) is 3.25. The molecule has 1 amide bonds. The van der Waals surface area contributed by atoms with Crippen LogP contribution in [0.2, 0.25) is 0 Å². The van der Waals surface area contributed by atoms with Gasteiger partial charge in [0, 0.05) is 18.6 Å². The number of hydrogen-bond acceptors (Lipinski definition) is 8. The molecule has 1 aromatic rings. The van der Waals surface area contributed by atoms with Gasteiger partial charge in [0.2, 0.25) is 11.8 Å². The van der Waals surface area contributed by atoms with E-state index in [0.29, 0.717) is 13.1 Å². The number of ether oxygens (including phenoxy) is 1. The number of hydrogen-bond donors (Lipinski definition) is 2. The van der Waals surface area contributed by atoms with E-state index in [1.54, 1.807) is 4.90 Å². The zero-order valence-corrected chi connectivity index (χ0v) is 14.0. The molecule has 0 unspecified atom stereocenters. The van der Waals surface area contributed by atoms with Crippen LogP contribution in [0.1, 0.15) is 33.6 Å². The SMILES string of the molecule is CC(C)(C)Nc1ncc([N+](=O)[O-])c(NCOC(=O)N2CCCC2)n1. The first kappa shape index (κ1) is 17.7. The van der Waals surface area contributed by atoms with Gasteiger partial charge in [-0.2, -0.15) is 4.98 Å². The Labute approximate surface area is 139 Å². The lowest BCUT2D eigenvalue weighted by Crippen LogP contribution is -2.30. The molecule has 132 valence electrons. The second kappa shape index (κ2) is 7.28. The number of aromatic nitrogens is 2. The smallest absolute Gasteiger partial charge is 0.411 e. The van der Waals surface area contributed by atoms with Crippen LogP contribution >= 0.6 is 0 Å². The fraction of sp³-hybridized carbons (Fsp3) is 0.643. The highest BCUT2D eigenvalue weighted by atomic mass is 16.6. The lowest BCUT2D eigenvalue weighted by atomic mass is 10.1. The van der Waals surface area contributed by atoms with Crippen LogP contribution in [0, 0.1) is 10.1 Å². The summed E-state index contributed by atoms with van der Waals surface area (Å²) in [5, 5.41) is 16.8. The highest BCUT2D eigenvalue weighted by Crippen LogP contribution is 2.23. The second-order valence-corrected chi connectivity index (χ2v) is 6.49. The monoisotopic (exact) mass is 338 g/mol. The lowest BCUT2D eigenvalue weighted by Gasteiger charge is -2.20. The summed E-state index contributed by atoms with van der Waals surface area (Å²) in [5.74, 6) is 0.248. The molecule has 1 aliphatic rings. The fourth-order valence-electron chi connectivity index (χ4n) is 2.19. The summed E-state index contributed by atoms with van der Waals surface area (Å²) in [6, 6.07) is 0. The Morgan fingerprint density at radius 2 is 2.08 bits per heavy atom. The summed E-state index contributed by atoms with van der Waals surface area (Å²) >= 11 is 0. The van der Waals surface area contributed by atoms with E-state index >= 15 is 0 Å². The summed E-state index contributed by atoms with van der Waals surface area (Å²) < 4.78 is 5.08. The van der Waals surface area contributed by atoms with E-state index in [1.807, 2.05) is 20.8 Å². The molecular formula is C14H22N6O4. The van der Waals surface area contributed by atoms with Crippen molar-refractivity contribution in [2.45, 2.75) is 39.2 Å². The van der Waals surface area contributed by atoms with Crippen LogP contribution in [0.5, 0.6) is 0 Å². The van der Waals surface area contributed by atoms with E-state index < -0.39 is 11.0 Å². The topological polar surface area (TPSA) is 123 Å². The van der Waals surface area contributed by atoms with Gasteiger partial charge in [0.05, 0.1) is 4.92 Å². The van der Waals surface area contributed by atoms with E-state index in [9.17, 15) is 14.9 Å². The molecule has 10 nitrogen and oxygen atoms in total. The number of nitrogens with zero attached hydrogens (tertiary/aromatic N) is 4. The Balaban J connectivity index is 2.01. The molecule has 0 spiro atoms. The van der Waals surface area contributed by atoms with Gasteiger partial charge in [0.1, 0.15) is 6.20 Å². The quantitative estimate of drug-likeness (QED) is 0.476. The number of anilines is 2. The average molecular weight is 338 g/mol. The number of rotatable bonds is 5. The van der Waals surface area contributed by atoms with Crippen LogP contribution in [0.25, 0.3) is 0 Å². The molecule has 0 aromatic carbocycles. The molecule has 0 radical (unpaired) electrons. The van der Waals surface area contributed by atoms with Gasteiger partial charge in [-0.25, -0.2) is 9.78 Å². The molecular weight excluding hydrogens is 316 g/mol. The maximum absolute atomic E-state index is 11.8. The van der Waals surface area contributed by atoms with Crippen LogP contribution in [0.4, 0.5) is 22.2 Å². The third-order valence-corrected chi connectivity index (χ3v) is 3.25. The molecule has 2 N–H and O–H groups in total. The van der Waals surface area contributed by atoms with Crippen molar-refractivity contribution >= 4 is 23.5 Å². The highest BCUT2D eigenvalue weighted by Gasteiger charge is 2.21. The van der Waals surface area contributed by atoms with Crippen LogP contribution in [0.3, 0.4) is 0 Å². The van der Waals surface area contributed by atoms with Crippen LogP contribution in [-0.2, 0) is 4.74 Å². The molecule has 1 aliphatic heterocycles. The first-order valence-corrected chi connectivity index (χ1v) is 7.71. The number of nitrogens with one attached hydrogen (secondary N) is 2. The molecule has 24 heavy (non-hydrogen) atoms. The van der Waals surface area contributed by atoms with Gasteiger partial charge in [0.15, 0.2) is 6.73 Å². The molecule has 0 aliphatic carbocycles. The molecule has 2 heterocycles. The van der Waals surface area contributed by atoms with Crippen molar-refractivity contribution in [1.29, 1.82) is 0 Å². The van der Waals surface area contributed by atoms with E-state index in [2.05, 4.69) is 20.6 Å². The van der Waals surface area contributed by atoms with Crippen molar-refractivity contribution in [3.05, 3.63) is 16.3 Å². The molecule has 0 atom stereocenters. The fourth-order valence-corrected chi connectivity index (χ4v) is 2.19. The van der Waals surface area contributed by atoms with Crippen molar-refractivity contribution in [1.82, 2.24) is 14.9 Å². The standard InChI is InChI=1S/C14H22N6O4/c1-14(2,3)18-12-15-8-10(20(22)23)11(17-12)16-9-24-13(21)19-6-4-5-7-19/h8H,4-7,9H2,1-3H3,(H2,15,16,17,18). The Morgan fingerprint density at radius 3 is 2.67 bits per heavy atom. The van der Waals surface area contributed by atoms with Gasteiger partial charge in [-0.1, -0.05) is 0 Å². The predicted molar refractivity (Wildman–Crippen MR) is 87.8 cm³/mol. The van der Waals surface area contributed by atoms with E-state index in [-0.39, 0.29) is 29.7 Å². The molecule has 0 bridgehead atoms. The van der Waals surface area contributed by atoms with Gasteiger partial charge < -0.3 is 20.3 Å². The molecule has 1 fully saturated rings. The average Bonchev–Trinajstić information content (AvgIpc) is 2.99. The van der Waals surface area contributed by atoms with Crippen molar-refractivity contribution < 1.29 is 14.5 Å². The number of carbonyl (C=O) groups is 1. The van der Waals surface area contributed by atoms with E-state index in [1.165, 1.54) is 0 Å². The van der Waals surface area contributed by atoms with Gasteiger partial charge in [0.25, 0.3) is 0 Å². The van der Waals surface area contributed by atoms with E-state index in [4.69, 9.17) is 4.74 Å². The molecule has 10 heteroatoms. The van der Waals surface area contributed by atoms with Crippen molar-refractivity contribution in [3.8, 4) is 0 Å². The van der Waals surface area contributed by atoms with Crippen LogP contribution in [-0.4, -0.2) is 51.2 Å². The highest BCUT2D eigenvalue weighted by molar-refractivity contribution is 5.68. The first-order chi connectivity index (χ1) is 11.3. The van der Waals surface area contributed by atoms with Crippen molar-refractivity contribution in [3.63, 3.8) is 0 Å². The minimum atomic E-state index is -0.592. The van der Waals surface area contributed by atoms with Gasteiger partial charge in [-0.15, -0.1) is 0 Å². The summed E-state index contributed by atoms with van der Waals surface area (Å²) in [6.45, 7) is 6.90. The van der Waals surface area contributed by atoms with E-state index in [0.717, 1.165) is 19.0 Å². The Hall–Kier alpha value is -2.65. The number of nitro groups is 1. The lowest BCUT2D eigenvalue weighted by molar-refractivity contribution is -0.384. The van der Waals surface area contributed by atoms with Crippen LogP contribution < -0.4 is 10.6 Å². The Morgan fingerprint density at radius 1 is 1.42 bits per heavy atom. The minimum absolute atomic E-state index is 0.00373. The van der Waals surface area contributed by atoms with Gasteiger partial charge >= 0.3 is 11.8 Å². The zero-order chi connectivity index (χ0) is 17.7. The van der Waals surface area contributed by atoms with Crippen molar-refractivity contribution in [2.75, 3.05) is 30.5 Å². The van der Waals surface area contributed by atoms with Gasteiger partial charge in [-0.05, 0) is 33.6 Å². The molecule has 0 saturated carbocycles. The third kappa shape index (κ3) is 4.93. The normalized spacial score (nSPS) is 14.4. The summed E-state index contributed by atoms with van der Waals surface area (Å²) in [7, 11) is 0. The maximum atomic E-state index is 11.8. The van der Waals surface area contributed by atoms with Crippen LogP contribution in [0.15, 0.2) is 6.20 Å². The number of likely N-dealkylation sites (tertiary alicyclic amines) is 1. The summed E-state index contributed by atoms with van der Waals surface area (Å²) in [5.41, 5.74) is -0.581. The molecule has 1 aromatic heterocycles. The number of carbonyl (C=O) groups excluding carboxylic acids is 1. The number of amides is 1. The second-order valence-electron chi connectivity index (χ2n) is 6.49. The minimum Gasteiger partial charge on any atom is -0.428 e. The zero-order valence-electron chi connectivity index (χ0n) is 14.0.